The van der Waals surface area contributed by atoms with Crippen molar-refractivity contribution in [2.24, 2.45) is 0 Å². The van der Waals surface area contributed by atoms with Gasteiger partial charge in [0.15, 0.2) is 0 Å². The molecule has 1 aliphatic heterocycles. The molecule has 2 aromatic carbocycles. The fourth-order valence-electron chi connectivity index (χ4n) is 3.46. The number of rotatable bonds is 4. The third-order valence-corrected chi connectivity index (χ3v) is 6.11. The SMILES string of the molecule is Cc1nn(Cc2ccc(F)cc2)c2sc(C(=O)ON3C(=O)c4ccccc4C3=O)cc12. The Labute approximate surface area is 179 Å². The summed E-state index contributed by atoms with van der Waals surface area (Å²) in [7, 11) is 0. The van der Waals surface area contributed by atoms with Crippen molar-refractivity contribution in [2.75, 3.05) is 0 Å². The molecule has 7 nitrogen and oxygen atoms in total. The van der Waals surface area contributed by atoms with Crippen molar-refractivity contribution in [3.63, 3.8) is 0 Å². The zero-order valence-corrected chi connectivity index (χ0v) is 17.0. The third-order valence-electron chi connectivity index (χ3n) is 4.99. The molecule has 0 aliphatic carbocycles. The van der Waals surface area contributed by atoms with Crippen LogP contribution in [0.15, 0.2) is 54.6 Å². The topological polar surface area (TPSA) is 81.5 Å². The molecule has 2 amide bonds. The second-order valence-corrected chi connectivity index (χ2v) is 8.06. The number of carbonyl (C=O) groups excluding carboxylic acids is 3. The predicted octanol–water partition coefficient (Wildman–Crippen LogP) is 3.96. The van der Waals surface area contributed by atoms with Crippen LogP contribution >= 0.6 is 11.3 Å². The molecule has 31 heavy (non-hydrogen) atoms. The molecule has 0 atom stereocenters. The Morgan fingerprint density at radius 2 is 1.71 bits per heavy atom. The van der Waals surface area contributed by atoms with Gasteiger partial charge in [0.1, 0.15) is 15.5 Å². The molecule has 4 aromatic rings. The van der Waals surface area contributed by atoms with Gasteiger partial charge >= 0.3 is 5.97 Å². The molecule has 0 spiro atoms. The average molecular weight is 435 g/mol. The highest BCUT2D eigenvalue weighted by Crippen LogP contribution is 2.30. The van der Waals surface area contributed by atoms with Crippen molar-refractivity contribution in [1.29, 1.82) is 0 Å². The van der Waals surface area contributed by atoms with Crippen LogP contribution in [-0.2, 0) is 11.4 Å². The monoisotopic (exact) mass is 435 g/mol. The van der Waals surface area contributed by atoms with Crippen LogP contribution in [0.25, 0.3) is 10.2 Å². The van der Waals surface area contributed by atoms with Crippen molar-refractivity contribution in [3.05, 3.63) is 87.7 Å². The number of nitrogens with zero attached hydrogens (tertiary/aromatic N) is 3. The predicted molar refractivity (Wildman–Crippen MR) is 110 cm³/mol. The average Bonchev–Trinajstić information content (AvgIpc) is 3.40. The van der Waals surface area contributed by atoms with Crippen molar-refractivity contribution in [3.8, 4) is 0 Å². The van der Waals surface area contributed by atoms with Gasteiger partial charge in [0.25, 0.3) is 11.8 Å². The highest BCUT2D eigenvalue weighted by Gasteiger charge is 2.39. The molecular formula is C22H14FN3O4S. The van der Waals surface area contributed by atoms with E-state index >= 15 is 0 Å². The van der Waals surface area contributed by atoms with Gasteiger partial charge in [0.05, 0.1) is 23.4 Å². The number of benzene rings is 2. The molecule has 3 heterocycles. The molecule has 0 bridgehead atoms. The molecule has 0 saturated carbocycles. The molecule has 9 heteroatoms. The van der Waals surface area contributed by atoms with E-state index in [1.807, 2.05) is 6.92 Å². The van der Waals surface area contributed by atoms with E-state index in [4.69, 9.17) is 4.84 Å². The van der Waals surface area contributed by atoms with Crippen LogP contribution in [0.5, 0.6) is 0 Å². The van der Waals surface area contributed by atoms with Crippen molar-refractivity contribution in [1.82, 2.24) is 14.8 Å². The van der Waals surface area contributed by atoms with Gasteiger partial charge in [-0.15, -0.1) is 11.3 Å². The minimum Gasteiger partial charge on any atom is -0.323 e. The van der Waals surface area contributed by atoms with E-state index in [0.29, 0.717) is 17.3 Å². The van der Waals surface area contributed by atoms with Crippen molar-refractivity contribution < 1.29 is 23.6 Å². The second kappa shape index (κ2) is 7.13. The number of fused-ring (bicyclic) bond motifs is 2. The first-order chi connectivity index (χ1) is 14.9. The number of amides is 2. The number of hydroxylamine groups is 2. The van der Waals surface area contributed by atoms with E-state index in [-0.39, 0.29) is 21.8 Å². The Morgan fingerprint density at radius 3 is 2.35 bits per heavy atom. The number of imide groups is 1. The minimum atomic E-state index is -0.802. The van der Waals surface area contributed by atoms with Crippen LogP contribution in [0, 0.1) is 12.7 Å². The van der Waals surface area contributed by atoms with Gasteiger partial charge in [-0.05, 0) is 42.8 Å². The summed E-state index contributed by atoms with van der Waals surface area (Å²) in [6.45, 7) is 2.22. The summed E-state index contributed by atoms with van der Waals surface area (Å²) in [5, 5.41) is 5.75. The normalized spacial score (nSPS) is 13.2. The van der Waals surface area contributed by atoms with Crippen LogP contribution in [0.1, 0.15) is 41.6 Å². The van der Waals surface area contributed by atoms with Gasteiger partial charge in [0, 0.05) is 5.39 Å². The third kappa shape index (κ3) is 3.19. The zero-order valence-electron chi connectivity index (χ0n) is 16.2. The lowest BCUT2D eigenvalue weighted by atomic mass is 10.1. The van der Waals surface area contributed by atoms with Gasteiger partial charge < -0.3 is 4.84 Å². The van der Waals surface area contributed by atoms with E-state index in [9.17, 15) is 18.8 Å². The fraction of sp³-hybridized carbons (Fsp3) is 0.0909. The Balaban J connectivity index is 1.41. The lowest BCUT2D eigenvalue weighted by Crippen LogP contribution is -2.32. The van der Waals surface area contributed by atoms with Crippen molar-refractivity contribution >= 4 is 39.3 Å². The zero-order chi connectivity index (χ0) is 21.7. The summed E-state index contributed by atoms with van der Waals surface area (Å²) in [4.78, 5) is 43.7. The Kier molecular flexibility index (Phi) is 4.40. The van der Waals surface area contributed by atoms with Gasteiger partial charge in [-0.3, -0.25) is 14.3 Å². The number of hydrogen-bond donors (Lipinski definition) is 0. The summed E-state index contributed by atoms with van der Waals surface area (Å²) in [6.07, 6.45) is 0. The maximum absolute atomic E-state index is 13.2. The molecular weight excluding hydrogens is 421 g/mol. The van der Waals surface area contributed by atoms with Gasteiger partial charge in [0.2, 0.25) is 0 Å². The number of hydrogen-bond acceptors (Lipinski definition) is 6. The molecule has 0 radical (unpaired) electrons. The molecule has 0 N–H and O–H groups in total. The first-order valence-electron chi connectivity index (χ1n) is 9.34. The van der Waals surface area contributed by atoms with E-state index in [2.05, 4.69) is 5.10 Å². The Morgan fingerprint density at radius 1 is 1.06 bits per heavy atom. The van der Waals surface area contributed by atoms with E-state index < -0.39 is 17.8 Å². The summed E-state index contributed by atoms with van der Waals surface area (Å²) in [5.41, 5.74) is 1.97. The molecule has 1 aliphatic rings. The van der Waals surface area contributed by atoms with Crippen molar-refractivity contribution in [2.45, 2.75) is 13.5 Å². The lowest BCUT2D eigenvalue weighted by molar-refractivity contribution is -0.0581. The molecule has 154 valence electrons. The number of halogens is 1. The second-order valence-electron chi connectivity index (χ2n) is 7.03. The number of aromatic nitrogens is 2. The Hall–Kier alpha value is -3.85. The number of aryl methyl sites for hydroxylation is 1. The lowest BCUT2D eigenvalue weighted by Gasteiger charge is -2.11. The highest BCUT2D eigenvalue weighted by molar-refractivity contribution is 7.20. The summed E-state index contributed by atoms with van der Waals surface area (Å²) >= 11 is 1.15. The molecule has 2 aromatic heterocycles. The number of thiophene rings is 1. The van der Waals surface area contributed by atoms with E-state index in [1.54, 1.807) is 35.0 Å². The summed E-state index contributed by atoms with van der Waals surface area (Å²) in [6, 6.07) is 14.0. The van der Waals surface area contributed by atoms with Crippen LogP contribution in [0.2, 0.25) is 0 Å². The molecule has 0 saturated heterocycles. The van der Waals surface area contributed by atoms with Crippen LogP contribution in [0.4, 0.5) is 4.39 Å². The van der Waals surface area contributed by atoms with E-state index in [0.717, 1.165) is 27.1 Å². The van der Waals surface area contributed by atoms with Crippen LogP contribution < -0.4 is 0 Å². The smallest absolute Gasteiger partial charge is 0.323 e. The number of carbonyl (C=O) groups is 3. The summed E-state index contributed by atoms with van der Waals surface area (Å²) < 4.78 is 14.9. The summed E-state index contributed by atoms with van der Waals surface area (Å²) in [5.74, 6) is -2.47. The minimum absolute atomic E-state index is 0.197. The first kappa shape index (κ1) is 19.1. The van der Waals surface area contributed by atoms with Gasteiger partial charge in [-0.25, -0.2) is 9.18 Å². The standard InChI is InChI=1S/C22H14FN3O4S/c1-12-17-10-18(31-21(17)25(24-12)11-13-6-8-14(23)9-7-13)22(29)30-26-19(27)15-4-2-3-5-16(15)20(26)28/h2-10H,11H2,1H3. The maximum Gasteiger partial charge on any atom is 0.373 e. The first-order valence-corrected chi connectivity index (χ1v) is 10.2. The largest absolute Gasteiger partial charge is 0.373 e. The molecule has 0 fully saturated rings. The molecule has 5 rings (SSSR count). The highest BCUT2D eigenvalue weighted by atomic mass is 32.1. The van der Waals surface area contributed by atoms with Gasteiger partial charge in [-0.2, -0.15) is 5.10 Å². The van der Waals surface area contributed by atoms with Gasteiger partial charge in [-0.1, -0.05) is 29.3 Å². The Bertz CT molecular complexity index is 1340. The molecule has 0 unspecified atom stereocenters. The maximum atomic E-state index is 13.2. The quantitative estimate of drug-likeness (QED) is 0.453. The van der Waals surface area contributed by atoms with Crippen LogP contribution in [0.3, 0.4) is 0 Å². The fourth-order valence-corrected chi connectivity index (χ4v) is 4.49. The van der Waals surface area contributed by atoms with Crippen LogP contribution in [-0.4, -0.2) is 32.6 Å². The van der Waals surface area contributed by atoms with E-state index in [1.165, 1.54) is 24.3 Å².